The second kappa shape index (κ2) is 4.58. The molecule has 1 aromatic rings. The minimum atomic E-state index is -0.512. The SMILES string of the molecule is CN(c1cc(N)cc([N+](=O)[O-])c1)C(C)(C)CO. The lowest BCUT2D eigenvalue weighted by Crippen LogP contribution is -2.44. The van der Waals surface area contributed by atoms with Crippen LogP contribution in [0.15, 0.2) is 18.2 Å². The van der Waals surface area contributed by atoms with E-state index in [0.29, 0.717) is 11.4 Å². The van der Waals surface area contributed by atoms with E-state index in [2.05, 4.69) is 0 Å². The maximum Gasteiger partial charge on any atom is 0.273 e. The molecule has 17 heavy (non-hydrogen) atoms. The monoisotopic (exact) mass is 239 g/mol. The summed E-state index contributed by atoms with van der Waals surface area (Å²) in [6.45, 7) is 3.61. The van der Waals surface area contributed by atoms with Gasteiger partial charge in [-0.1, -0.05) is 0 Å². The minimum absolute atomic E-state index is 0.0550. The molecule has 0 aliphatic rings. The number of nitrogen functional groups attached to an aromatic ring is 1. The van der Waals surface area contributed by atoms with Crippen LogP contribution in [0.25, 0.3) is 0 Å². The van der Waals surface area contributed by atoms with Crippen LogP contribution >= 0.6 is 0 Å². The zero-order valence-electron chi connectivity index (χ0n) is 10.2. The van der Waals surface area contributed by atoms with E-state index in [1.54, 1.807) is 18.0 Å². The third kappa shape index (κ3) is 2.85. The lowest BCUT2D eigenvalue weighted by Gasteiger charge is -2.35. The van der Waals surface area contributed by atoms with Gasteiger partial charge in [-0.05, 0) is 19.9 Å². The molecular formula is C11H17N3O3. The Kier molecular flexibility index (Phi) is 3.57. The van der Waals surface area contributed by atoms with E-state index in [1.807, 2.05) is 13.8 Å². The zero-order valence-corrected chi connectivity index (χ0v) is 10.2. The molecule has 6 heteroatoms. The Balaban J connectivity index is 3.18. The summed E-state index contributed by atoms with van der Waals surface area (Å²) < 4.78 is 0. The molecule has 94 valence electrons. The highest BCUT2D eigenvalue weighted by molar-refractivity contribution is 5.63. The molecule has 0 fully saturated rings. The number of hydrogen-bond acceptors (Lipinski definition) is 5. The number of aliphatic hydroxyl groups excluding tert-OH is 1. The molecule has 0 spiro atoms. The number of aliphatic hydroxyl groups is 1. The highest BCUT2D eigenvalue weighted by Crippen LogP contribution is 2.28. The van der Waals surface area contributed by atoms with Gasteiger partial charge in [0.2, 0.25) is 0 Å². The van der Waals surface area contributed by atoms with Crippen molar-refractivity contribution in [2.75, 3.05) is 24.3 Å². The van der Waals surface area contributed by atoms with Crippen molar-refractivity contribution in [2.45, 2.75) is 19.4 Å². The Hall–Kier alpha value is -1.82. The lowest BCUT2D eigenvalue weighted by atomic mass is 10.0. The van der Waals surface area contributed by atoms with Gasteiger partial charge in [0.15, 0.2) is 0 Å². The average Bonchev–Trinajstić information content (AvgIpc) is 2.27. The van der Waals surface area contributed by atoms with E-state index in [9.17, 15) is 15.2 Å². The highest BCUT2D eigenvalue weighted by Gasteiger charge is 2.24. The van der Waals surface area contributed by atoms with Gasteiger partial charge in [-0.15, -0.1) is 0 Å². The Labute approximate surface area is 99.8 Å². The average molecular weight is 239 g/mol. The van der Waals surface area contributed by atoms with Crippen molar-refractivity contribution in [1.29, 1.82) is 0 Å². The Morgan fingerprint density at radius 3 is 2.53 bits per heavy atom. The van der Waals surface area contributed by atoms with Crippen LogP contribution in [0.5, 0.6) is 0 Å². The number of non-ortho nitro benzene ring substituents is 1. The van der Waals surface area contributed by atoms with E-state index in [1.165, 1.54) is 12.1 Å². The fraction of sp³-hybridized carbons (Fsp3) is 0.455. The molecule has 0 aromatic heterocycles. The molecular weight excluding hydrogens is 222 g/mol. The summed E-state index contributed by atoms with van der Waals surface area (Å²) in [5.41, 5.74) is 5.99. The summed E-state index contributed by atoms with van der Waals surface area (Å²) >= 11 is 0. The fourth-order valence-corrected chi connectivity index (χ4v) is 1.37. The van der Waals surface area contributed by atoms with Crippen molar-refractivity contribution < 1.29 is 10.0 Å². The normalized spacial score (nSPS) is 11.3. The summed E-state index contributed by atoms with van der Waals surface area (Å²) in [6, 6.07) is 4.39. The zero-order chi connectivity index (χ0) is 13.2. The standard InChI is InChI=1S/C11H17N3O3/c1-11(2,7-15)13(3)9-4-8(12)5-10(6-9)14(16)17/h4-6,15H,7,12H2,1-3H3. The van der Waals surface area contributed by atoms with E-state index in [-0.39, 0.29) is 12.3 Å². The third-order valence-corrected chi connectivity index (χ3v) is 2.82. The lowest BCUT2D eigenvalue weighted by molar-refractivity contribution is -0.384. The van der Waals surface area contributed by atoms with Gasteiger partial charge in [0, 0.05) is 30.6 Å². The molecule has 1 aromatic carbocycles. The van der Waals surface area contributed by atoms with E-state index in [4.69, 9.17) is 5.73 Å². The van der Waals surface area contributed by atoms with Crippen molar-refractivity contribution in [3.63, 3.8) is 0 Å². The smallest absolute Gasteiger partial charge is 0.273 e. The van der Waals surface area contributed by atoms with Crippen molar-refractivity contribution in [3.05, 3.63) is 28.3 Å². The van der Waals surface area contributed by atoms with Crippen LogP contribution in [0.3, 0.4) is 0 Å². The molecule has 0 heterocycles. The van der Waals surface area contributed by atoms with Crippen molar-refractivity contribution in [1.82, 2.24) is 0 Å². The van der Waals surface area contributed by atoms with E-state index < -0.39 is 10.5 Å². The van der Waals surface area contributed by atoms with Crippen LogP contribution in [-0.2, 0) is 0 Å². The van der Waals surface area contributed by atoms with Crippen molar-refractivity contribution >= 4 is 17.1 Å². The third-order valence-electron chi connectivity index (χ3n) is 2.82. The number of nitrogens with two attached hydrogens (primary N) is 1. The van der Waals surface area contributed by atoms with Gasteiger partial charge in [0.25, 0.3) is 5.69 Å². The molecule has 0 radical (unpaired) electrons. The minimum Gasteiger partial charge on any atom is -0.398 e. The Morgan fingerprint density at radius 2 is 2.06 bits per heavy atom. The largest absolute Gasteiger partial charge is 0.398 e. The summed E-state index contributed by atoms with van der Waals surface area (Å²) in [6.07, 6.45) is 0. The molecule has 6 nitrogen and oxygen atoms in total. The summed E-state index contributed by atoms with van der Waals surface area (Å²) in [7, 11) is 1.76. The summed E-state index contributed by atoms with van der Waals surface area (Å²) in [4.78, 5) is 12.0. The predicted octanol–water partition coefficient (Wildman–Crippen LogP) is 1.38. The summed E-state index contributed by atoms with van der Waals surface area (Å²) in [5, 5.41) is 20.0. The van der Waals surface area contributed by atoms with Crippen LogP contribution in [0, 0.1) is 10.1 Å². The number of likely N-dealkylation sites (N-methyl/N-ethyl adjacent to an activating group) is 1. The molecule has 0 bridgehead atoms. The molecule has 0 unspecified atom stereocenters. The molecule has 0 aliphatic heterocycles. The van der Waals surface area contributed by atoms with Gasteiger partial charge in [-0.2, -0.15) is 0 Å². The summed E-state index contributed by atoms with van der Waals surface area (Å²) in [5.74, 6) is 0. The number of anilines is 2. The number of hydrogen-bond donors (Lipinski definition) is 2. The molecule has 0 atom stereocenters. The Morgan fingerprint density at radius 1 is 1.47 bits per heavy atom. The van der Waals surface area contributed by atoms with Gasteiger partial charge in [0.05, 0.1) is 17.1 Å². The maximum absolute atomic E-state index is 10.7. The molecule has 3 N–H and O–H groups in total. The van der Waals surface area contributed by atoms with Crippen LogP contribution < -0.4 is 10.6 Å². The first kappa shape index (κ1) is 13.2. The molecule has 1 rings (SSSR count). The first-order chi connectivity index (χ1) is 7.77. The molecule has 0 amide bonds. The number of rotatable bonds is 4. The first-order valence-electron chi connectivity index (χ1n) is 5.17. The van der Waals surface area contributed by atoms with E-state index >= 15 is 0 Å². The van der Waals surface area contributed by atoms with Crippen LogP contribution in [0.2, 0.25) is 0 Å². The van der Waals surface area contributed by atoms with Gasteiger partial charge < -0.3 is 15.7 Å². The molecule has 0 aliphatic carbocycles. The van der Waals surface area contributed by atoms with Crippen LogP contribution in [-0.4, -0.2) is 29.2 Å². The molecule has 0 saturated heterocycles. The quantitative estimate of drug-likeness (QED) is 0.470. The number of benzene rings is 1. The van der Waals surface area contributed by atoms with Gasteiger partial charge in [-0.3, -0.25) is 10.1 Å². The van der Waals surface area contributed by atoms with Crippen LogP contribution in [0.4, 0.5) is 17.1 Å². The van der Waals surface area contributed by atoms with Gasteiger partial charge >= 0.3 is 0 Å². The van der Waals surface area contributed by atoms with Gasteiger partial charge in [-0.25, -0.2) is 0 Å². The number of nitrogens with zero attached hydrogens (tertiary/aromatic N) is 2. The maximum atomic E-state index is 10.7. The first-order valence-corrected chi connectivity index (χ1v) is 5.17. The van der Waals surface area contributed by atoms with E-state index in [0.717, 1.165) is 0 Å². The second-order valence-electron chi connectivity index (χ2n) is 4.57. The number of nitro benzene ring substituents is 1. The number of nitro groups is 1. The Bertz CT molecular complexity index is 432. The molecule has 0 saturated carbocycles. The highest BCUT2D eigenvalue weighted by atomic mass is 16.6. The van der Waals surface area contributed by atoms with Gasteiger partial charge in [0.1, 0.15) is 0 Å². The van der Waals surface area contributed by atoms with Crippen molar-refractivity contribution in [2.24, 2.45) is 0 Å². The predicted molar refractivity (Wildman–Crippen MR) is 67.1 cm³/mol. The fourth-order valence-electron chi connectivity index (χ4n) is 1.37. The topological polar surface area (TPSA) is 92.6 Å². The van der Waals surface area contributed by atoms with Crippen LogP contribution in [0.1, 0.15) is 13.8 Å². The van der Waals surface area contributed by atoms with Crippen molar-refractivity contribution in [3.8, 4) is 0 Å². The second-order valence-corrected chi connectivity index (χ2v) is 4.57.